The van der Waals surface area contributed by atoms with Gasteiger partial charge in [0.15, 0.2) is 5.11 Å². The van der Waals surface area contributed by atoms with E-state index in [1.807, 2.05) is 31.2 Å². The van der Waals surface area contributed by atoms with Gasteiger partial charge in [0, 0.05) is 45.2 Å². The van der Waals surface area contributed by atoms with Crippen molar-refractivity contribution in [2.75, 3.05) is 44.1 Å². The van der Waals surface area contributed by atoms with Gasteiger partial charge < -0.3 is 24.6 Å². The van der Waals surface area contributed by atoms with Gasteiger partial charge in [-0.1, -0.05) is 12.1 Å². The number of benzene rings is 2. The summed E-state index contributed by atoms with van der Waals surface area (Å²) in [4.78, 5) is 4.30. The lowest BCUT2D eigenvalue weighted by Crippen LogP contribution is -2.39. The topological polar surface area (TPSA) is 37.0 Å². The standard InChI is InChI=1S/C23H31N3O2S/c1-4-27-21-13-9-19(10-14-21)24-23(29)26(17-22-6-5-15-28-22)16-18-7-11-20(12-8-18)25(2)3/h7-14,22H,4-6,15-17H2,1-3H3,(H,24,29)/t22-/m0/s1. The van der Waals surface area contributed by atoms with Crippen LogP contribution < -0.4 is 15.0 Å². The van der Waals surface area contributed by atoms with Gasteiger partial charge in [-0.15, -0.1) is 0 Å². The molecule has 3 rings (SSSR count). The van der Waals surface area contributed by atoms with Gasteiger partial charge in [-0.05, 0) is 73.9 Å². The summed E-state index contributed by atoms with van der Waals surface area (Å²) in [6.45, 7) is 5.02. The van der Waals surface area contributed by atoms with Crippen LogP contribution in [-0.2, 0) is 11.3 Å². The maximum Gasteiger partial charge on any atom is 0.173 e. The number of rotatable bonds is 8. The molecule has 29 heavy (non-hydrogen) atoms. The lowest BCUT2D eigenvalue weighted by Gasteiger charge is -2.28. The van der Waals surface area contributed by atoms with Crippen molar-refractivity contribution >= 4 is 28.7 Å². The van der Waals surface area contributed by atoms with Crippen LogP contribution in [0.4, 0.5) is 11.4 Å². The van der Waals surface area contributed by atoms with Gasteiger partial charge in [0.2, 0.25) is 0 Å². The quantitative estimate of drug-likeness (QED) is 0.641. The van der Waals surface area contributed by atoms with Crippen molar-refractivity contribution < 1.29 is 9.47 Å². The third kappa shape index (κ3) is 6.34. The first kappa shape index (κ1) is 21.4. The predicted molar refractivity (Wildman–Crippen MR) is 124 cm³/mol. The number of thiocarbonyl (C=S) groups is 1. The van der Waals surface area contributed by atoms with Crippen LogP contribution in [0.5, 0.6) is 5.75 Å². The molecular weight excluding hydrogens is 382 g/mol. The van der Waals surface area contributed by atoms with Crippen LogP contribution in [-0.4, -0.2) is 50.0 Å². The molecule has 0 amide bonds. The average molecular weight is 414 g/mol. The molecule has 0 radical (unpaired) electrons. The second-order valence-electron chi connectivity index (χ2n) is 7.46. The van der Waals surface area contributed by atoms with Crippen LogP contribution in [0.1, 0.15) is 25.3 Å². The van der Waals surface area contributed by atoms with Crippen LogP contribution in [0.15, 0.2) is 48.5 Å². The molecule has 1 N–H and O–H groups in total. The summed E-state index contributed by atoms with van der Waals surface area (Å²) in [7, 11) is 4.10. The minimum atomic E-state index is 0.233. The fourth-order valence-corrected chi connectivity index (χ4v) is 3.63. The van der Waals surface area contributed by atoms with E-state index in [2.05, 4.69) is 53.5 Å². The van der Waals surface area contributed by atoms with Gasteiger partial charge in [0.1, 0.15) is 5.75 Å². The molecule has 0 unspecified atom stereocenters. The van der Waals surface area contributed by atoms with Gasteiger partial charge >= 0.3 is 0 Å². The monoisotopic (exact) mass is 413 g/mol. The number of nitrogens with zero attached hydrogens (tertiary/aromatic N) is 2. The fraction of sp³-hybridized carbons (Fsp3) is 0.435. The molecule has 6 heteroatoms. The Morgan fingerprint density at radius 3 is 2.45 bits per heavy atom. The van der Waals surface area contributed by atoms with Crippen LogP contribution >= 0.6 is 12.2 Å². The van der Waals surface area contributed by atoms with Gasteiger partial charge in [-0.3, -0.25) is 0 Å². The van der Waals surface area contributed by atoms with Crippen LogP contribution in [0.3, 0.4) is 0 Å². The van der Waals surface area contributed by atoms with Crippen molar-refractivity contribution in [3.63, 3.8) is 0 Å². The molecule has 0 saturated carbocycles. The van der Waals surface area contributed by atoms with Crippen molar-refractivity contribution in [3.8, 4) is 5.75 Å². The Morgan fingerprint density at radius 1 is 1.14 bits per heavy atom. The number of hydrogen-bond acceptors (Lipinski definition) is 4. The Labute approximate surface area is 179 Å². The molecule has 2 aromatic rings. The highest BCUT2D eigenvalue weighted by molar-refractivity contribution is 7.80. The summed E-state index contributed by atoms with van der Waals surface area (Å²) in [5, 5.41) is 4.08. The molecule has 1 saturated heterocycles. The van der Waals surface area contributed by atoms with Crippen molar-refractivity contribution in [3.05, 3.63) is 54.1 Å². The lowest BCUT2D eigenvalue weighted by molar-refractivity contribution is 0.0905. The van der Waals surface area contributed by atoms with E-state index in [4.69, 9.17) is 21.7 Å². The summed E-state index contributed by atoms with van der Waals surface area (Å²) in [6, 6.07) is 16.5. The molecular formula is C23H31N3O2S. The van der Waals surface area contributed by atoms with E-state index < -0.39 is 0 Å². The summed E-state index contributed by atoms with van der Waals surface area (Å²) in [5.41, 5.74) is 3.37. The van der Waals surface area contributed by atoms with Crippen molar-refractivity contribution in [2.24, 2.45) is 0 Å². The molecule has 1 aliphatic rings. The largest absolute Gasteiger partial charge is 0.494 e. The van der Waals surface area contributed by atoms with Gasteiger partial charge in [0.25, 0.3) is 0 Å². The maximum atomic E-state index is 5.86. The number of ether oxygens (including phenoxy) is 2. The lowest BCUT2D eigenvalue weighted by atomic mass is 10.1. The second kappa shape index (κ2) is 10.5. The zero-order chi connectivity index (χ0) is 20.6. The first-order valence-corrected chi connectivity index (χ1v) is 10.6. The van der Waals surface area contributed by atoms with Gasteiger partial charge in [-0.2, -0.15) is 0 Å². The maximum absolute atomic E-state index is 5.86. The molecule has 1 aliphatic heterocycles. The number of nitrogens with one attached hydrogen (secondary N) is 1. The second-order valence-corrected chi connectivity index (χ2v) is 7.85. The Hall–Kier alpha value is -2.31. The van der Waals surface area contributed by atoms with Crippen LogP contribution in [0.2, 0.25) is 0 Å². The molecule has 1 heterocycles. The molecule has 0 bridgehead atoms. The molecule has 5 nitrogen and oxygen atoms in total. The zero-order valence-electron chi connectivity index (χ0n) is 17.6. The van der Waals surface area contributed by atoms with E-state index in [1.165, 1.54) is 11.3 Å². The van der Waals surface area contributed by atoms with E-state index in [1.54, 1.807) is 0 Å². The van der Waals surface area contributed by atoms with Crippen LogP contribution in [0, 0.1) is 0 Å². The summed E-state index contributed by atoms with van der Waals surface area (Å²) in [5.74, 6) is 0.862. The number of anilines is 2. The van der Waals surface area contributed by atoms with E-state index in [-0.39, 0.29) is 6.10 Å². The zero-order valence-corrected chi connectivity index (χ0v) is 18.4. The third-order valence-corrected chi connectivity index (χ3v) is 5.34. The summed E-state index contributed by atoms with van der Waals surface area (Å²) >= 11 is 5.76. The molecule has 1 atom stereocenters. The van der Waals surface area contributed by atoms with E-state index in [0.717, 1.165) is 44.0 Å². The van der Waals surface area contributed by atoms with E-state index in [9.17, 15) is 0 Å². The molecule has 0 aromatic heterocycles. The van der Waals surface area contributed by atoms with Crippen LogP contribution in [0.25, 0.3) is 0 Å². The van der Waals surface area contributed by atoms with Crippen molar-refractivity contribution in [2.45, 2.75) is 32.4 Å². The van der Waals surface area contributed by atoms with Gasteiger partial charge in [-0.25, -0.2) is 0 Å². The first-order valence-electron chi connectivity index (χ1n) is 10.2. The molecule has 1 fully saturated rings. The number of hydrogen-bond donors (Lipinski definition) is 1. The minimum Gasteiger partial charge on any atom is -0.494 e. The smallest absolute Gasteiger partial charge is 0.173 e. The molecule has 0 aliphatic carbocycles. The highest BCUT2D eigenvalue weighted by atomic mass is 32.1. The summed E-state index contributed by atoms with van der Waals surface area (Å²) in [6.07, 6.45) is 2.44. The molecule has 156 valence electrons. The van der Waals surface area contributed by atoms with E-state index in [0.29, 0.717) is 11.7 Å². The van der Waals surface area contributed by atoms with E-state index >= 15 is 0 Å². The SMILES string of the molecule is CCOc1ccc(NC(=S)N(Cc2ccc(N(C)C)cc2)C[C@@H]2CCCO2)cc1. The normalized spacial score (nSPS) is 15.8. The Kier molecular flexibility index (Phi) is 7.72. The average Bonchev–Trinajstić information content (AvgIpc) is 3.23. The first-order chi connectivity index (χ1) is 14.0. The molecule has 2 aromatic carbocycles. The fourth-order valence-electron chi connectivity index (χ4n) is 3.38. The van der Waals surface area contributed by atoms with Crippen molar-refractivity contribution in [1.82, 2.24) is 4.90 Å². The Bertz CT molecular complexity index is 772. The van der Waals surface area contributed by atoms with Gasteiger partial charge in [0.05, 0.1) is 12.7 Å². The Balaban J connectivity index is 1.68. The highest BCUT2D eigenvalue weighted by Crippen LogP contribution is 2.20. The Morgan fingerprint density at radius 2 is 1.86 bits per heavy atom. The summed E-state index contributed by atoms with van der Waals surface area (Å²) < 4.78 is 11.4. The van der Waals surface area contributed by atoms with Crippen molar-refractivity contribution in [1.29, 1.82) is 0 Å². The third-order valence-electron chi connectivity index (χ3n) is 4.98. The molecule has 0 spiro atoms. The minimum absolute atomic E-state index is 0.233. The predicted octanol–water partition coefficient (Wildman–Crippen LogP) is 4.53. The highest BCUT2D eigenvalue weighted by Gasteiger charge is 2.21.